The van der Waals surface area contributed by atoms with E-state index in [1.807, 2.05) is 42.5 Å². The summed E-state index contributed by atoms with van der Waals surface area (Å²) in [6.45, 7) is 4.37. The van der Waals surface area contributed by atoms with Gasteiger partial charge in [-0.1, -0.05) is 29.8 Å². The number of nitrogens with one attached hydrogen (secondary N) is 1. The number of hydrogen-bond acceptors (Lipinski definition) is 6. The summed E-state index contributed by atoms with van der Waals surface area (Å²) in [6, 6.07) is 14.1. The molecule has 0 saturated carbocycles. The van der Waals surface area contributed by atoms with Gasteiger partial charge in [0.1, 0.15) is 5.01 Å². The van der Waals surface area contributed by atoms with Gasteiger partial charge in [-0.05, 0) is 57.2 Å². The number of para-hydroxylation sites is 1. The minimum Gasteiger partial charge on any atom is -0.349 e. The number of fused-ring (bicyclic) bond motifs is 3. The Hall–Kier alpha value is -2.58. The Morgan fingerprint density at radius 1 is 1.11 bits per heavy atom. The Morgan fingerprint density at radius 3 is 2.80 bits per heavy atom. The van der Waals surface area contributed by atoms with Crippen LogP contribution in [0, 0.1) is 0 Å². The maximum absolute atomic E-state index is 13.7. The first-order chi connectivity index (χ1) is 17.0. The van der Waals surface area contributed by atoms with Gasteiger partial charge in [0.2, 0.25) is 0 Å². The fourth-order valence-electron chi connectivity index (χ4n) is 5.26. The number of piperidine rings is 1. The maximum atomic E-state index is 13.7. The summed E-state index contributed by atoms with van der Waals surface area (Å²) in [6.07, 6.45) is 2.80. The molecular formula is C27H28ClN5OS. The van der Waals surface area contributed by atoms with Crippen LogP contribution in [-0.4, -0.2) is 58.4 Å². The summed E-state index contributed by atoms with van der Waals surface area (Å²) >= 11 is 7.86. The molecule has 0 atom stereocenters. The molecule has 0 unspecified atom stereocenters. The number of nitrogens with zero attached hydrogens (tertiary/aromatic N) is 4. The molecule has 1 N–H and O–H groups in total. The average Bonchev–Trinajstić information content (AvgIpc) is 3.25. The van der Waals surface area contributed by atoms with Gasteiger partial charge in [-0.15, -0.1) is 11.3 Å². The van der Waals surface area contributed by atoms with Gasteiger partial charge >= 0.3 is 0 Å². The van der Waals surface area contributed by atoms with Gasteiger partial charge in [0.25, 0.3) is 5.91 Å². The van der Waals surface area contributed by atoms with Crippen molar-refractivity contribution in [1.29, 1.82) is 0 Å². The first kappa shape index (κ1) is 22.9. The number of rotatable bonds is 4. The lowest BCUT2D eigenvalue weighted by Crippen LogP contribution is -2.44. The van der Waals surface area contributed by atoms with Crippen molar-refractivity contribution in [2.45, 2.75) is 38.4 Å². The Labute approximate surface area is 213 Å². The molecule has 2 aromatic heterocycles. The summed E-state index contributed by atoms with van der Waals surface area (Å²) in [5.41, 5.74) is 4.75. The second-order valence-corrected chi connectivity index (χ2v) is 11.2. The fourth-order valence-corrected chi connectivity index (χ4v) is 6.41. The molecule has 1 saturated heterocycles. The van der Waals surface area contributed by atoms with E-state index < -0.39 is 0 Å². The van der Waals surface area contributed by atoms with Crippen LogP contribution in [0.5, 0.6) is 0 Å². The lowest BCUT2D eigenvalue weighted by molar-refractivity contribution is 0.0915. The van der Waals surface area contributed by atoms with Crippen molar-refractivity contribution < 1.29 is 4.79 Å². The predicted molar refractivity (Wildman–Crippen MR) is 142 cm³/mol. The van der Waals surface area contributed by atoms with Crippen molar-refractivity contribution in [2.24, 2.45) is 0 Å². The van der Waals surface area contributed by atoms with Crippen LogP contribution in [0.25, 0.3) is 21.1 Å². The quantitative estimate of drug-likeness (QED) is 0.428. The number of hydrogen-bond donors (Lipinski definition) is 1. The molecule has 0 radical (unpaired) electrons. The van der Waals surface area contributed by atoms with Crippen molar-refractivity contribution in [2.75, 3.05) is 26.7 Å². The van der Waals surface area contributed by atoms with E-state index in [9.17, 15) is 4.79 Å². The van der Waals surface area contributed by atoms with Gasteiger partial charge in [-0.3, -0.25) is 14.7 Å². The third-order valence-corrected chi connectivity index (χ3v) is 8.42. The molecule has 180 valence electrons. The molecule has 0 aliphatic carbocycles. The second kappa shape index (κ2) is 9.47. The summed E-state index contributed by atoms with van der Waals surface area (Å²) in [5.74, 6) is 0.0332. The Kier molecular flexibility index (Phi) is 6.18. The highest BCUT2D eigenvalue weighted by molar-refractivity contribution is 7.18. The van der Waals surface area contributed by atoms with Gasteiger partial charge in [0.05, 0.1) is 27.8 Å². The number of aromatic nitrogens is 2. The molecule has 4 aromatic rings. The highest BCUT2D eigenvalue weighted by Crippen LogP contribution is 2.31. The molecule has 1 fully saturated rings. The molecule has 4 heterocycles. The van der Waals surface area contributed by atoms with Crippen molar-refractivity contribution in [3.05, 3.63) is 69.3 Å². The van der Waals surface area contributed by atoms with Gasteiger partial charge in [0, 0.05) is 47.2 Å². The maximum Gasteiger partial charge on any atom is 0.252 e. The van der Waals surface area contributed by atoms with Crippen LogP contribution in [0.2, 0.25) is 5.02 Å². The topological polar surface area (TPSA) is 61.4 Å². The van der Waals surface area contributed by atoms with Gasteiger partial charge < -0.3 is 10.2 Å². The molecule has 8 heteroatoms. The number of carbonyl (C=O) groups is 1. The smallest absolute Gasteiger partial charge is 0.252 e. The van der Waals surface area contributed by atoms with Gasteiger partial charge in [0.15, 0.2) is 0 Å². The zero-order chi connectivity index (χ0) is 23.9. The molecule has 2 aliphatic rings. The molecule has 1 amide bonds. The van der Waals surface area contributed by atoms with Crippen LogP contribution >= 0.6 is 22.9 Å². The summed E-state index contributed by atoms with van der Waals surface area (Å²) in [4.78, 5) is 28.2. The minimum absolute atomic E-state index is 0.0332. The van der Waals surface area contributed by atoms with Crippen LogP contribution in [0.15, 0.2) is 42.5 Å². The average molecular weight is 506 g/mol. The van der Waals surface area contributed by atoms with E-state index in [-0.39, 0.29) is 11.9 Å². The van der Waals surface area contributed by atoms with E-state index in [0.717, 1.165) is 88.4 Å². The summed E-state index contributed by atoms with van der Waals surface area (Å²) < 4.78 is 1.15. The lowest BCUT2D eigenvalue weighted by Gasteiger charge is -2.31. The summed E-state index contributed by atoms with van der Waals surface area (Å²) in [5, 5.41) is 6.06. The van der Waals surface area contributed by atoms with E-state index in [1.165, 1.54) is 0 Å². The molecule has 35 heavy (non-hydrogen) atoms. The molecule has 0 spiro atoms. The normalized spacial score (nSPS) is 17.7. The van der Waals surface area contributed by atoms with E-state index in [0.29, 0.717) is 11.6 Å². The van der Waals surface area contributed by atoms with Crippen molar-refractivity contribution >= 4 is 50.0 Å². The number of halogens is 1. The summed E-state index contributed by atoms with van der Waals surface area (Å²) in [7, 11) is 2.14. The Balaban J connectivity index is 1.30. The fraction of sp³-hybridized carbons (Fsp3) is 0.370. The number of amides is 1. The largest absolute Gasteiger partial charge is 0.349 e. The molecule has 2 aromatic carbocycles. The predicted octanol–water partition coefficient (Wildman–Crippen LogP) is 4.88. The van der Waals surface area contributed by atoms with Crippen LogP contribution in [0.4, 0.5) is 0 Å². The third-order valence-electron chi connectivity index (χ3n) is 7.16. The molecule has 0 bridgehead atoms. The number of carbonyl (C=O) groups excluding carboxylic acids is 1. The number of benzene rings is 2. The second-order valence-electron chi connectivity index (χ2n) is 9.66. The Bertz CT molecular complexity index is 1410. The van der Waals surface area contributed by atoms with Crippen LogP contribution in [0.1, 0.15) is 39.5 Å². The minimum atomic E-state index is 0.0332. The van der Waals surface area contributed by atoms with Crippen molar-refractivity contribution in [3.8, 4) is 0 Å². The molecular weight excluding hydrogens is 478 g/mol. The van der Waals surface area contributed by atoms with Crippen molar-refractivity contribution in [1.82, 2.24) is 25.1 Å². The van der Waals surface area contributed by atoms with E-state index in [1.54, 1.807) is 11.3 Å². The highest BCUT2D eigenvalue weighted by atomic mass is 35.5. The number of likely N-dealkylation sites (tertiary alicyclic amines) is 1. The first-order valence-electron chi connectivity index (χ1n) is 12.2. The van der Waals surface area contributed by atoms with E-state index >= 15 is 0 Å². The van der Waals surface area contributed by atoms with Crippen LogP contribution in [-0.2, 0) is 19.5 Å². The monoisotopic (exact) mass is 505 g/mol. The zero-order valence-electron chi connectivity index (χ0n) is 19.8. The van der Waals surface area contributed by atoms with Gasteiger partial charge in [-0.25, -0.2) is 4.98 Å². The molecule has 2 aliphatic heterocycles. The standard InChI is InChI=1S/C27H28ClN5OS/c1-32-11-8-18(9-12-32)29-27(34)26-19-4-2-3-5-21(19)30-22-10-13-33(15-20(22)26)16-25-31-23-14-17(28)6-7-24(23)35-25/h2-7,14,18H,8-13,15-16H2,1H3,(H,29,34). The SMILES string of the molecule is CN1CCC(NC(=O)c2c3c(nc4ccccc24)CCN(Cc2nc4cc(Cl)ccc4s2)C3)CC1. The van der Waals surface area contributed by atoms with Crippen LogP contribution in [0.3, 0.4) is 0 Å². The molecule has 6 rings (SSSR count). The zero-order valence-corrected chi connectivity index (χ0v) is 21.3. The van der Waals surface area contributed by atoms with E-state index in [2.05, 4.69) is 22.2 Å². The van der Waals surface area contributed by atoms with Crippen LogP contribution < -0.4 is 5.32 Å². The Morgan fingerprint density at radius 2 is 1.94 bits per heavy atom. The van der Waals surface area contributed by atoms with E-state index in [4.69, 9.17) is 21.6 Å². The number of pyridine rings is 1. The third kappa shape index (κ3) is 4.66. The molecule has 6 nitrogen and oxygen atoms in total. The van der Waals surface area contributed by atoms with Crippen molar-refractivity contribution in [3.63, 3.8) is 0 Å². The van der Waals surface area contributed by atoms with Gasteiger partial charge in [-0.2, -0.15) is 0 Å². The first-order valence-corrected chi connectivity index (χ1v) is 13.4. The highest BCUT2D eigenvalue weighted by Gasteiger charge is 2.28. The number of thiazole rings is 1. The lowest BCUT2D eigenvalue weighted by atomic mass is 9.94.